The fourth-order valence-electron chi connectivity index (χ4n) is 4.44. The lowest BCUT2D eigenvalue weighted by Gasteiger charge is -2.28. The molecule has 5 rings (SSSR count). The number of aromatic amines is 1. The largest absolute Gasteiger partial charge is 0.348 e. The highest BCUT2D eigenvalue weighted by molar-refractivity contribution is 7.90. The molecule has 1 aliphatic rings. The highest BCUT2D eigenvalue weighted by atomic mass is 32.2. The summed E-state index contributed by atoms with van der Waals surface area (Å²) in [5, 5.41) is 18.2. The second-order valence-electron chi connectivity index (χ2n) is 9.24. The molecule has 0 unspecified atom stereocenters. The number of halogens is 1. The predicted octanol–water partition coefficient (Wildman–Crippen LogP) is 0.675. The van der Waals surface area contributed by atoms with Crippen molar-refractivity contribution in [1.82, 2.24) is 35.2 Å². The number of amides is 2. The van der Waals surface area contributed by atoms with Gasteiger partial charge < -0.3 is 14.8 Å². The van der Waals surface area contributed by atoms with Crippen molar-refractivity contribution in [2.75, 3.05) is 25.1 Å². The molecule has 14 heteroatoms. The summed E-state index contributed by atoms with van der Waals surface area (Å²) >= 11 is 0. The van der Waals surface area contributed by atoms with Gasteiger partial charge in [-0.25, -0.2) is 17.9 Å². The van der Waals surface area contributed by atoms with Crippen LogP contribution in [0.4, 0.5) is 4.39 Å². The first-order chi connectivity index (χ1) is 18.6. The molecule has 39 heavy (non-hydrogen) atoms. The van der Waals surface area contributed by atoms with Gasteiger partial charge in [0.25, 0.3) is 17.4 Å². The van der Waals surface area contributed by atoms with Crippen molar-refractivity contribution in [2.24, 2.45) is 0 Å². The summed E-state index contributed by atoms with van der Waals surface area (Å²) in [5.41, 5.74) is 0.797. The lowest BCUT2D eigenvalue weighted by atomic mass is 10.0. The summed E-state index contributed by atoms with van der Waals surface area (Å²) in [6, 6.07) is 11.3. The number of sulfone groups is 1. The molecule has 0 spiro atoms. The van der Waals surface area contributed by atoms with Crippen LogP contribution in [0.3, 0.4) is 0 Å². The number of rotatable bonds is 7. The van der Waals surface area contributed by atoms with Gasteiger partial charge in [-0.2, -0.15) is 5.10 Å². The molecule has 1 aliphatic heterocycles. The number of aromatic nitrogens is 5. The van der Waals surface area contributed by atoms with E-state index in [1.54, 1.807) is 34.9 Å². The quantitative estimate of drug-likeness (QED) is 0.338. The first-order valence-corrected chi connectivity index (χ1v) is 14.1. The summed E-state index contributed by atoms with van der Waals surface area (Å²) in [5.74, 6) is -1.63. The Hall–Kier alpha value is -4.46. The maximum absolute atomic E-state index is 14.8. The minimum absolute atomic E-state index is 0.0121. The van der Waals surface area contributed by atoms with Gasteiger partial charge in [0.05, 0.1) is 28.9 Å². The topological polar surface area (TPSA) is 160 Å². The number of nitrogens with one attached hydrogen (secondary N) is 2. The van der Waals surface area contributed by atoms with Crippen LogP contribution in [-0.4, -0.2) is 75.2 Å². The third-order valence-electron chi connectivity index (χ3n) is 6.41. The average molecular weight is 554 g/mol. The smallest absolute Gasteiger partial charge is 0.289 e. The standard InChI is InChI=1S/C25H24FN7O5S/c1-39(37,38)11-8-27-24(35)22-30-29-21-14-32(9-10-33(21)22)25(36)18-12-15(6-7-19(18)26)13-20-16-4-2-3-5-17(16)23(34)31-28-20/h2-7,12H,8-11,13-14H2,1H3,(H,27,35)(H,31,34). The van der Waals surface area contributed by atoms with Crippen LogP contribution in [0.15, 0.2) is 47.3 Å². The fraction of sp³-hybridized carbons (Fsp3) is 0.280. The van der Waals surface area contributed by atoms with Gasteiger partial charge in [0.2, 0.25) is 5.82 Å². The third-order valence-corrected chi connectivity index (χ3v) is 7.36. The van der Waals surface area contributed by atoms with Gasteiger partial charge in [-0.3, -0.25) is 14.4 Å². The molecular weight excluding hydrogens is 529 g/mol. The molecule has 3 heterocycles. The Balaban J connectivity index is 1.32. The van der Waals surface area contributed by atoms with Crippen LogP contribution in [0.25, 0.3) is 10.8 Å². The summed E-state index contributed by atoms with van der Waals surface area (Å²) in [4.78, 5) is 39.3. The lowest BCUT2D eigenvalue weighted by molar-refractivity contribution is 0.0701. The van der Waals surface area contributed by atoms with E-state index in [4.69, 9.17) is 0 Å². The first-order valence-electron chi connectivity index (χ1n) is 12.0. The van der Waals surface area contributed by atoms with Crippen molar-refractivity contribution < 1.29 is 22.4 Å². The van der Waals surface area contributed by atoms with Gasteiger partial charge >= 0.3 is 0 Å². The van der Waals surface area contributed by atoms with Gasteiger partial charge in [-0.1, -0.05) is 24.3 Å². The number of benzene rings is 2. The Bertz CT molecular complexity index is 1770. The van der Waals surface area contributed by atoms with E-state index in [2.05, 4.69) is 25.7 Å². The minimum atomic E-state index is -3.24. The van der Waals surface area contributed by atoms with Crippen LogP contribution in [0.5, 0.6) is 0 Å². The van der Waals surface area contributed by atoms with Gasteiger partial charge in [-0.15, -0.1) is 10.2 Å². The van der Waals surface area contributed by atoms with E-state index >= 15 is 0 Å². The second kappa shape index (κ2) is 10.4. The Morgan fingerprint density at radius 1 is 1.10 bits per heavy atom. The average Bonchev–Trinajstić information content (AvgIpc) is 3.34. The maximum Gasteiger partial charge on any atom is 0.289 e. The Morgan fingerprint density at radius 2 is 1.87 bits per heavy atom. The molecule has 0 bridgehead atoms. The zero-order valence-corrected chi connectivity index (χ0v) is 21.7. The number of fused-ring (bicyclic) bond motifs is 2. The van der Waals surface area contributed by atoms with Crippen molar-refractivity contribution in [3.8, 4) is 0 Å². The first kappa shape index (κ1) is 26.2. The number of carbonyl (C=O) groups excluding carboxylic acids is 2. The van der Waals surface area contributed by atoms with Crippen molar-refractivity contribution in [2.45, 2.75) is 19.5 Å². The maximum atomic E-state index is 14.8. The van der Waals surface area contributed by atoms with Crippen molar-refractivity contribution in [3.05, 3.63) is 87.1 Å². The molecule has 2 aromatic heterocycles. The van der Waals surface area contributed by atoms with Crippen LogP contribution in [0, 0.1) is 5.82 Å². The van der Waals surface area contributed by atoms with E-state index in [1.807, 2.05) is 0 Å². The summed E-state index contributed by atoms with van der Waals surface area (Å²) < 4.78 is 38.9. The molecule has 0 fully saturated rings. The predicted molar refractivity (Wildman–Crippen MR) is 138 cm³/mol. The Morgan fingerprint density at radius 3 is 2.64 bits per heavy atom. The molecule has 2 N–H and O–H groups in total. The molecule has 12 nitrogen and oxygen atoms in total. The number of hydrogen-bond acceptors (Lipinski definition) is 8. The van der Waals surface area contributed by atoms with E-state index in [0.717, 1.165) is 6.26 Å². The van der Waals surface area contributed by atoms with E-state index in [9.17, 15) is 27.2 Å². The van der Waals surface area contributed by atoms with Crippen molar-refractivity contribution in [1.29, 1.82) is 0 Å². The molecule has 2 amide bonds. The lowest BCUT2D eigenvalue weighted by Crippen LogP contribution is -2.40. The SMILES string of the molecule is CS(=O)(=O)CCNC(=O)c1nnc2n1CCN(C(=O)c1cc(Cc3n[nH]c(=O)c4ccccc34)ccc1F)C2. The molecule has 2 aromatic carbocycles. The molecule has 0 aliphatic carbocycles. The number of nitrogens with zero attached hydrogens (tertiary/aromatic N) is 5. The zero-order chi connectivity index (χ0) is 27.7. The molecule has 0 saturated heterocycles. The molecule has 4 aromatic rings. The van der Waals surface area contributed by atoms with Gasteiger partial charge in [0.15, 0.2) is 5.82 Å². The van der Waals surface area contributed by atoms with Gasteiger partial charge in [-0.05, 0) is 23.8 Å². The van der Waals surface area contributed by atoms with Crippen LogP contribution in [-0.2, 0) is 29.3 Å². The summed E-state index contributed by atoms with van der Waals surface area (Å²) in [6.45, 7) is 0.337. The minimum Gasteiger partial charge on any atom is -0.348 e. The molecule has 0 radical (unpaired) electrons. The highest BCUT2D eigenvalue weighted by Crippen LogP contribution is 2.21. The highest BCUT2D eigenvalue weighted by Gasteiger charge is 2.29. The van der Waals surface area contributed by atoms with E-state index in [1.165, 1.54) is 17.0 Å². The Labute approximate surface area is 221 Å². The second-order valence-corrected chi connectivity index (χ2v) is 11.5. The van der Waals surface area contributed by atoms with Crippen LogP contribution < -0.4 is 10.9 Å². The molecular formula is C25H24FN7O5S. The van der Waals surface area contributed by atoms with Gasteiger partial charge in [0, 0.05) is 37.7 Å². The van der Waals surface area contributed by atoms with Crippen LogP contribution in [0.2, 0.25) is 0 Å². The van der Waals surface area contributed by atoms with Crippen LogP contribution in [0.1, 0.15) is 38.1 Å². The zero-order valence-electron chi connectivity index (χ0n) is 20.8. The summed E-state index contributed by atoms with van der Waals surface area (Å²) in [7, 11) is -3.24. The number of H-pyrrole nitrogens is 1. The summed E-state index contributed by atoms with van der Waals surface area (Å²) in [6.07, 6.45) is 1.34. The van der Waals surface area contributed by atoms with Gasteiger partial charge in [0.1, 0.15) is 15.7 Å². The van der Waals surface area contributed by atoms with Crippen molar-refractivity contribution in [3.63, 3.8) is 0 Å². The van der Waals surface area contributed by atoms with E-state index in [-0.39, 0.29) is 55.3 Å². The normalized spacial score (nSPS) is 13.3. The van der Waals surface area contributed by atoms with Crippen LogP contribution >= 0.6 is 0 Å². The molecule has 202 valence electrons. The third kappa shape index (κ3) is 5.55. The molecule has 0 saturated carbocycles. The van der Waals surface area contributed by atoms with E-state index < -0.39 is 27.5 Å². The fourth-order valence-corrected chi connectivity index (χ4v) is 4.92. The van der Waals surface area contributed by atoms with E-state index in [0.29, 0.717) is 27.9 Å². The monoisotopic (exact) mass is 553 g/mol. The molecule has 0 atom stereocenters. The number of hydrogen-bond donors (Lipinski definition) is 2. The number of carbonyl (C=O) groups is 2. The Kier molecular flexibility index (Phi) is 6.95. The van der Waals surface area contributed by atoms with Crippen molar-refractivity contribution >= 4 is 32.4 Å².